The zero-order chi connectivity index (χ0) is 7.98. The minimum absolute atomic E-state index is 0.245. The molecule has 0 fully saturated rings. The predicted octanol–water partition coefficient (Wildman–Crippen LogP) is 0.653. The molecule has 0 rings (SSSR count). The van der Waals surface area contributed by atoms with Gasteiger partial charge >= 0.3 is 0 Å². The van der Waals surface area contributed by atoms with E-state index in [0.29, 0.717) is 0 Å². The molecule has 0 aromatic carbocycles. The highest BCUT2D eigenvalue weighted by molar-refractivity contribution is 4.71. The number of rotatable bonds is 5. The maximum absolute atomic E-state index is 5.31. The number of methoxy groups -OCH3 is 1. The third kappa shape index (κ3) is 2.64. The fourth-order valence-electron chi connectivity index (χ4n) is 1.10. The lowest BCUT2D eigenvalue weighted by atomic mass is 10.1. The summed E-state index contributed by atoms with van der Waals surface area (Å²) in [6, 6.07) is 0.287. The number of hydrazine groups is 1. The highest BCUT2D eigenvalue weighted by atomic mass is 16.5. The number of nitrogens with one attached hydrogen (secondary N) is 1. The zero-order valence-electron chi connectivity index (χ0n) is 7.05. The van der Waals surface area contributed by atoms with Gasteiger partial charge in [0.05, 0.1) is 6.10 Å². The van der Waals surface area contributed by atoms with Crippen molar-refractivity contribution in [3.05, 3.63) is 0 Å². The average molecular weight is 146 g/mol. The van der Waals surface area contributed by atoms with E-state index in [-0.39, 0.29) is 12.1 Å². The lowest BCUT2D eigenvalue weighted by Crippen LogP contribution is -2.44. The smallest absolute Gasteiger partial charge is 0.0735 e. The topological polar surface area (TPSA) is 47.3 Å². The van der Waals surface area contributed by atoms with Crippen LogP contribution in [0.15, 0.2) is 0 Å². The molecule has 0 aliphatic carbocycles. The van der Waals surface area contributed by atoms with Gasteiger partial charge in [0.25, 0.3) is 0 Å². The first-order valence-corrected chi connectivity index (χ1v) is 3.79. The van der Waals surface area contributed by atoms with Crippen LogP contribution in [0.2, 0.25) is 0 Å². The lowest BCUT2D eigenvalue weighted by Gasteiger charge is -2.22. The Morgan fingerprint density at radius 3 is 2.10 bits per heavy atom. The van der Waals surface area contributed by atoms with Gasteiger partial charge in [0.1, 0.15) is 0 Å². The van der Waals surface area contributed by atoms with Gasteiger partial charge in [-0.1, -0.05) is 13.8 Å². The molecule has 62 valence electrons. The van der Waals surface area contributed by atoms with E-state index in [4.69, 9.17) is 10.6 Å². The number of hydrogen-bond acceptors (Lipinski definition) is 3. The van der Waals surface area contributed by atoms with Gasteiger partial charge < -0.3 is 4.74 Å². The van der Waals surface area contributed by atoms with E-state index in [1.54, 1.807) is 7.11 Å². The second-order valence-corrected chi connectivity index (χ2v) is 2.36. The summed E-state index contributed by atoms with van der Waals surface area (Å²) in [5.74, 6) is 5.31. The predicted molar refractivity (Wildman–Crippen MR) is 42.5 cm³/mol. The van der Waals surface area contributed by atoms with E-state index in [1.165, 1.54) is 0 Å². The van der Waals surface area contributed by atoms with Crippen molar-refractivity contribution in [2.24, 2.45) is 5.84 Å². The monoisotopic (exact) mass is 146 g/mol. The maximum Gasteiger partial charge on any atom is 0.0735 e. The third-order valence-corrected chi connectivity index (χ3v) is 1.81. The van der Waals surface area contributed by atoms with Crippen molar-refractivity contribution in [3.8, 4) is 0 Å². The Labute approximate surface area is 62.9 Å². The van der Waals surface area contributed by atoms with Crippen LogP contribution in [-0.2, 0) is 4.74 Å². The van der Waals surface area contributed by atoms with Crippen LogP contribution < -0.4 is 11.3 Å². The second-order valence-electron chi connectivity index (χ2n) is 2.36. The third-order valence-electron chi connectivity index (χ3n) is 1.81. The molecule has 10 heavy (non-hydrogen) atoms. The van der Waals surface area contributed by atoms with Crippen LogP contribution >= 0.6 is 0 Å². The number of ether oxygens (including phenoxy) is 1. The van der Waals surface area contributed by atoms with Crippen molar-refractivity contribution in [2.45, 2.75) is 38.8 Å². The minimum Gasteiger partial charge on any atom is -0.380 e. The molecule has 0 heterocycles. The Morgan fingerprint density at radius 1 is 1.40 bits per heavy atom. The summed E-state index contributed by atoms with van der Waals surface area (Å²) in [5.41, 5.74) is 2.73. The molecule has 0 aromatic heterocycles. The summed E-state index contributed by atoms with van der Waals surface area (Å²) in [7, 11) is 1.72. The van der Waals surface area contributed by atoms with Crippen LogP contribution in [0.5, 0.6) is 0 Å². The van der Waals surface area contributed by atoms with Gasteiger partial charge in [0, 0.05) is 13.2 Å². The Balaban J connectivity index is 3.70. The molecule has 0 bridgehead atoms. The molecule has 3 nitrogen and oxygen atoms in total. The Kier molecular flexibility index (Phi) is 5.58. The summed E-state index contributed by atoms with van der Waals surface area (Å²) in [6.45, 7) is 4.18. The van der Waals surface area contributed by atoms with Crippen LogP contribution in [-0.4, -0.2) is 19.3 Å². The molecule has 0 aliphatic rings. The average Bonchev–Trinajstić information content (AvgIpc) is 2.00. The van der Waals surface area contributed by atoms with E-state index in [0.717, 1.165) is 12.8 Å². The first-order valence-electron chi connectivity index (χ1n) is 3.79. The van der Waals surface area contributed by atoms with Crippen molar-refractivity contribution in [1.29, 1.82) is 0 Å². The Bertz CT molecular complexity index is 60.0. The largest absolute Gasteiger partial charge is 0.380 e. The van der Waals surface area contributed by atoms with Crippen molar-refractivity contribution in [2.75, 3.05) is 7.11 Å². The maximum atomic E-state index is 5.31. The first kappa shape index (κ1) is 9.88. The molecule has 0 aliphatic heterocycles. The number of nitrogens with two attached hydrogens (primary N) is 1. The Hall–Kier alpha value is -0.120. The van der Waals surface area contributed by atoms with Crippen LogP contribution in [0.3, 0.4) is 0 Å². The highest BCUT2D eigenvalue weighted by Crippen LogP contribution is 2.04. The van der Waals surface area contributed by atoms with Crippen LogP contribution in [0.4, 0.5) is 0 Å². The van der Waals surface area contributed by atoms with Gasteiger partial charge in [0.15, 0.2) is 0 Å². The first-order chi connectivity index (χ1) is 4.79. The Morgan fingerprint density at radius 2 is 2.00 bits per heavy atom. The van der Waals surface area contributed by atoms with Crippen molar-refractivity contribution in [3.63, 3.8) is 0 Å². The molecular weight excluding hydrogens is 128 g/mol. The van der Waals surface area contributed by atoms with Gasteiger partial charge in [-0.25, -0.2) is 0 Å². The number of hydrogen-bond donors (Lipinski definition) is 2. The van der Waals surface area contributed by atoms with Gasteiger partial charge in [-0.3, -0.25) is 11.3 Å². The van der Waals surface area contributed by atoms with Crippen molar-refractivity contribution < 1.29 is 4.74 Å². The van der Waals surface area contributed by atoms with E-state index in [9.17, 15) is 0 Å². The van der Waals surface area contributed by atoms with E-state index < -0.39 is 0 Å². The normalized spacial score (nSPS) is 16.8. The van der Waals surface area contributed by atoms with Gasteiger partial charge in [0.2, 0.25) is 0 Å². The van der Waals surface area contributed by atoms with Crippen LogP contribution in [0.1, 0.15) is 26.7 Å². The molecule has 2 atom stereocenters. The second kappa shape index (κ2) is 5.65. The van der Waals surface area contributed by atoms with E-state index in [1.807, 2.05) is 0 Å². The molecule has 0 amide bonds. The summed E-state index contributed by atoms with van der Waals surface area (Å²) >= 11 is 0. The molecule has 0 radical (unpaired) electrons. The van der Waals surface area contributed by atoms with E-state index >= 15 is 0 Å². The van der Waals surface area contributed by atoms with Gasteiger partial charge in [-0.15, -0.1) is 0 Å². The lowest BCUT2D eigenvalue weighted by molar-refractivity contribution is 0.0641. The fourth-order valence-corrected chi connectivity index (χ4v) is 1.10. The summed E-state index contributed by atoms with van der Waals surface area (Å²) in [4.78, 5) is 0. The van der Waals surface area contributed by atoms with Crippen molar-refractivity contribution >= 4 is 0 Å². The molecule has 0 saturated heterocycles. The van der Waals surface area contributed by atoms with Crippen molar-refractivity contribution in [1.82, 2.24) is 5.43 Å². The fraction of sp³-hybridized carbons (Fsp3) is 1.00. The molecule has 2 unspecified atom stereocenters. The molecule has 0 saturated carbocycles. The minimum atomic E-state index is 0.245. The quantitative estimate of drug-likeness (QED) is 0.442. The molecule has 3 N–H and O–H groups in total. The van der Waals surface area contributed by atoms with Crippen LogP contribution in [0.25, 0.3) is 0 Å². The van der Waals surface area contributed by atoms with Crippen LogP contribution in [0, 0.1) is 0 Å². The molecule has 0 spiro atoms. The molecular formula is C7H18N2O. The summed E-state index contributed by atoms with van der Waals surface area (Å²) < 4.78 is 5.20. The zero-order valence-corrected chi connectivity index (χ0v) is 7.05. The van der Waals surface area contributed by atoms with E-state index in [2.05, 4.69) is 19.3 Å². The standard InChI is InChI=1S/C7H18N2O/c1-4-6(9-8)7(5-2)10-3/h6-7,9H,4-5,8H2,1-3H3. The summed E-state index contributed by atoms with van der Waals surface area (Å²) in [6.07, 6.45) is 2.25. The molecule has 0 aromatic rings. The SMILES string of the molecule is CCC(NN)C(CC)OC. The highest BCUT2D eigenvalue weighted by Gasteiger charge is 2.14. The molecule has 3 heteroatoms. The van der Waals surface area contributed by atoms with Gasteiger partial charge in [-0.05, 0) is 12.8 Å². The van der Waals surface area contributed by atoms with Gasteiger partial charge in [-0.2, -0.15) is 0 Å². The summed E-state index contributed by atoms with van der Waals surface area (Å²) in [5, 5.41) is 0.